The lowest BCUT2D eigenvalue weighted by Gasteiger charge is -2.08. The van der Waals surface area contributed by atoms with Crippen LogP contribution in [0.4, 0.5) is 5.69 Å². The van der Waals surface area contributed by atoms with E-state index in [2.05, 4.69) is 19.2 Å². The maximum atomic E-state index is 11.7. The van der Waals surface area contributed by atoms with Gasteiger partial charge in [-0.3, -0.25) is 4.79 Å². The van der Waals surface area contributed by atoms with E-state index in [0.717, 1.165) is 18.6 Å². The van der Waals surface area contributed by atoms with E-state index in [1.54, 1.807) is 0 Å². The number of hydrogen-bond donors (Lipinski definition) is 2. The van der Waals surface area contributed by atoms with Gasteiger partial charge in [-0.05, 0) is 30.0 Å². The van der Waals surface area contributed by atoms with Gasteiger partial charge in [0.05, 0.1) is 6.42 Å². The van der Waals surface area contributed by atoms with E-state index in [1.807, 2.05) is 24.3 Å². The first kappa shape index (κ1) is 15.5. The highest BCUT2D eigenvalue weighted by Gasteiger charge is 2.03. The molecule has 1 amide bonds. The highest BCUT2D eigenvalue weighted by atomic mass is 16.5. The summed E-state index contributed by atoms with van der Waals surface area (Å²) in [6.45, 7) is 6.36. The molecule has 0 aromatic heterocycles. The number of benzene rings is 1. The molecular weight excluding hydrogens is 240 g/mol. The van der Waals surface area contributed by atoms with Gasteiger partial charge in [0.15, 0.2) is 0 Å². The second-order valence-electron chi connectivity index (χ2n) is 5.09. The largest absolute Gasteiger partial charge is 0.399 e. The summed E-state index contributed by atoms with van der Waals surface area (Å²) in [6, 6.07) is 7.40. The van der Waals surface area contributed by atoms with E-state index >= 15 is 0 Å². The molecule has 0 aliphatic carbocycles. The number of rotatable bonds is 8. The Hall–Kier alpha value is -1.55. The third kappa shape index (κ3) is 7.47. The number of carbonyl (C=O) groups excluding carboxylic acids is 1. The van der Waals surface area contributed by atoms with E-state index in [-0.39, 0.29) is 5.91 Å². The van der Waals surface area contributed by atoms with Crippen LogP contribution in [0.25, 0.3) is 0 Å². The number of anilines is 1. The van der Waals surface area contributed by atoms with Crippen LogP contribution in [0.1, 0.15) is 25.8 Å². The summed E-state index contributed by atoms with van der Waals surface area (Å²) < 4.78 is 5.44. The molecule has 0 heterocycles. The van der Waals surface area contributed by atoms with Gasteiger partial charge in [0.2, 0.25) is 5.91 Å². The molecule has 0 radical (unpaired) electrons. The fourth-order valence-corrected chi connectivity index (χ4v) is 1.67. The third-order valence-corrected chi connectivity index (χ3v) is 2.55. The minimum Gasteiger partial charge on any atom is -0.399 e. The molecule has 0 unspecified atom stereocenters. The molecule has 0 fully saturated rings. The second kappa shape index (κ2) is 8.53. The molecule has 4 heteroatoms. The number of nitrogens with one attached hydrogen (secondary N) is 1. The summed E-state index contributed by atoms with van der Waals surface area (Å²) >= 11 is 0. The molecule has 0 atom stereocenters. The van der Waals surface area contributed by atoms with E-state index in [0.29, 0.717) is 31.2 Å². The minimum atomic E-state index is 0.0226. The molecule has 0 saturated heterocycles. The average Bonchev–Trinajstić information content (AvgIpc) is 2.33. The topological polar surface area (TPSA) is 64.3 Å². The van der Waals surface area contributed by atoms with Crippen molar-refractivity contribution >= 4 is 11.6 Å². The van der Waals surface area contributed by atoms with Gasteiger partial charge >= 0.3 is 0 Å². The number of ether oxygens (including phenoxy) is 1. The van der Waals surface area contributed by atoms with Gasteiger partial charge in [-0.1, -0.05) is 26.0 Å². The second-order valence-corrected chi connectivity index (χ2v) is 5.09. The SMILES string of the molecule is CC(C)COCCCNC(=O)Cc1cccc(N)c1. The van der Waals surface area contributed by atoms with Gasteiger partial charge < -0.3 is 15.8 Å². The summed E-state index contributed by atoms with van der Waals surface area (Å²) in [5.41, 5.74) is 7.29. The smallest absolute Gasteiger partial charge is 0.224 e. The Morgan fingerprint density at radius 2 is 2.21 bits per heavy atom. The summed E-state index contributed by atoms with van der Waals surface area (Å²) in [5, 5.41) is 2.88. The van der Waals surface area contributed by atoms with Crippen molar-refractivity contribution in [3.63, 3.8) is 0 Å². The molecule has 0 saturated carbocycles. The summed E-state index contributed by atoms with van der Waals surface area (Å²) in [4.78, 5) is 11.7. The van der Waals surface area contributed by atoms with Crippen molar-refractivity contribution in [1.29, 1.82) is 0 Å². The predicted octanol–water partition coefficient (Wildman–Crippen LogP) is 1.99. The summed E-state index contributed by atoms with van der Waals surface area (Å²) in [7, 11) is 0. The van der Waals surface area contributed by atoms with Crippen molar-refractivity contribution in [2.75, 3.05) is 25.5 Å². The first-order chi connectivity index (χ1) is 9.08. The average molecular weight is 264 g/mol. The highest BCUT2D eigenvalue weighted by molar-refractivity contribution is 5.78. The van der Waals surface area contributed by atoms with Crippen LogP contribution in [0.5, 0.6) is 0 Å². The van der Waals surface area contributed by atoms with Crippen LogP contribution >= 0.6 is 0 Å². The van der Waals surface area contributed by atoms with Crippen molar-refractivity contribution < 1.29 is 9.53 Å². The maximum absolute atomic E-state index is 11.7. The Labute approximate surface area is 115 Å². The van der Waals surface area contributed by atoms with Crippen LogP contribution in [0.15, 0.2) is 24.3 Å². The number of carbonyl (C=O) groups is 1. The minimum absolute atomic E-state index is 0.0226. The molecule has 19 heavy (non-hydrogen) atoms. The fraction of sp³-hybridized carbons (Fsp3) is 0.533. The number of nitrogen functional groups attached to an aromatic ring is 1. The standard InChI is InChI=1S/C15H24N2O2/c1-12(2)11-19-8-4-7-17-15(18)10-13-5-3-6-14(16)9-13/h3,5-6,9,12H,4,7-8,10-11,16H2,1-2H3,(H,17,18). The third-order valence-electron chi connectivity index (χ3n) is 2.55. The Balaban J connectivity index is 2.11. The van der Waals surface area contributed by atoms with E-state index in [9.17, 15) is 4.79 Å². The monoisotopic (exact) mass is 264 g/mol. The van der Waals surface area contributed by atoms with Crippen LogP contribution in [-0.4, -0.2) is 25.7 Å². The Morgan fingerprint density at radius 1 is 1.42 bits per heavy atom. The van der Waals surface area contributed by atoms with Gasteiger partial charge in [-0.15, -0.1) is 0 Å². The lowest BCUT2D eigenvalue weighted by atomic mass is 10.1. The zero-order chi connectivity index (χ0) is 14.1. The van der Waals surface area contributed by atoms with Crippen molar-refractivity contribution in [1.82, 2.24) is 5.32 Å². The molecule has 106 valence electrons. The van der Waals surface area contributed by atoms with Gasteiger partial charge in [0.25, 0.3) is 0 Å². The quantitative estimate of drug-likeness (QED) is 0.557. The van der Waals surface area contributed by atoms with Crippen molar-refractivity contribution in [3.8, 4) is 0 Å². The van der Waals surface area contributed by atoms with Gasteiger partial charge in [-0.2, -0.15) is 0 Å². The molecule has 0 aliphatic rings. The van der Waals surface area contributed by atoms with Crippen molar-refractivity contribution in [2.45, 2.75) is 26.7 Å². The molecule has 4 nitrogen and oxygen atoms in total. The fourth-order valence-electron chi connectivity index (χ4n) is 1.67. The highest BCUT2D eigenvalue weighted by Crippen LogP contribution is 2.06. The first-order valence-corrected chi connectivity index (χ1v) is 6.77. The number of hydrogen-bond acceptors (Lipinski definition) is 3. The Bertz CT molecular complexity index is 391. The number of amides is 1. The number of nitrogens with two attached hydrogens (primary N) is 1. The molecular formula is C15H24N2O2. The summed E-state index contributed by atoms with van der Waals surface area (Å²) in [5.74, 6) is 0.576. The molecule has 3 N–H and O–H groups in total. The Morgan fingerprint density at radius 3 is 2.89 bits per heavy atom. The van der Waals surface area contributed by atoms with Gasteiger partial charge in [0, 0.05) is 25.4 Å². The van der Waals surface area contributed by atoms with Crippen LogP contribution in [0, 0.1) is 5.92 Å². The normalized spacial score (nSPS) is 10.7. The molecule has 1 aromatic rings. The summed E-state index contributed by atoms with van der Waals surface area (Å²) in [6.07, 6.45) is 1.22. The molecule has 1 rings (SSSR count). The zero-order valence-corrected chi connectivity index (χ0v) is 11.8. The van der Waals surface area contributed by atoms with Crippen molar-refractivity contribution in [2.24, 2.45) is 5.92 Å². The van der Waals surface area contributed by atoms with Crippen molar-refractivity contribution in [3.05, 3.63) is 29.8 Å². The van der Waals surface area contributed by atoms with Crippen LogP contribution in [0.3, 0.4) is 0 Å². The van der Waals surface area contributed by atoms with Gasteiger partial charge in [-0.25, -0.2) is 0 Å². The Kier molecular flexibility index (Phi) is 6.97. The maximum Gasteiger partial charge on any atom is 0.224 e. The predicted molar refractivity (Wildman–Crippen MR) is 77.8 cm³/mol. The van der Waals surface area contributed by atoms with Crippen LogP contribution in [0.2, 0.25) is 0 Å². The van der Waals surface area contributed by atoms with Crippen LogP contribution in [-0.2, 0) is 16.0 Å². The molecule has 0 spiro atoms. The lowest BCUT2D eigenvalue weighted by molar-refractivity contribution is -0.120. The van der Waals surface area contributed by atoms with E-state index in [1.165, 1.54) is 0 Å². The molecule has 0 bridgehead atoms. The van der Waals surface area contributed by atoms with Crippen LogP contribution < -0.4 is 11.1 Å². The molecule has 1 aromatic carbocycles. The lowest BCUT2D eigenvalue weighted by Crippen LogP contribution is -2.27. The van der Waals surface area contributed by atoms with E-state index in [4.69, 9.17) is 10.5 Å². The van der Waals surface area contributed by atoms with Gasteiger partial charge in [0.1, 0.15) is 0 Å². The molecule has 0 aliphatic heterocycles. The van der Waals surface area contributed by atoms with E-state index < -0.39 is 0 Å². The first-order valence-electron chi connectivity index (χ1n) is 6.77. The zero-order valence-electron chi connectivity index (χ0n) is 11.8.